The minimum absolute atomic E-state index is 0.161. The molecule has 1 saturated carbocycles. The van der Waals surface area contributed by atoms with E-state index in [1.165, 1.54) is 18.9 Å². The highest BCUT2D eigenvalue weighted by Crippen LogP contribution is 2.18. The van der Waals surface area contributed by atoms with Gasteiger partial charge in [0.2, 0.25) is 0 Å². The van der Waals surface area contributed by atoms with Crippen LogP contribution >= 0.6 is 0 Å². The Balaban J connectivity index is 1.98. The van der Waals surface area contributed by atoms with Crippen LogP contribution in [0.25, 0.3) is 0 Å². The third-order valence-corrected chi connectivity index (χ3v) is 2.90. The number of benzene rings is 1. The zero-order chi connectivity index (χ0) is 13.0. The number of aliphatic imine (C=N–C) groups is 1. The highest BCUT2D eigenvalue weighted by Gasteiger charge is 2.21. The monoisotopic (exact) mass is 249 g/mol. The van der Waals surface area contributed by atoms with Gasteiger partial charge >= 0.3 is 0 Å². The Morgan fingerprint density at radius 1 is 1.44 bits per heavy atom. The van der Waals surface area contributed by atoms with Crippen molar-refractivity contribution in [2.75, 3.05) is 6.54 Å². The maximum atomic E-state index is 13.1. The van der Waals surface area contributed by atoms with E-state index < -0.39 is 0 Å². The van der Waals surface area contributed by atoms with Crippen LogP contribution in [-0.2, 0) is 6.54 Å². The van der Waals surface area contributed by atoms with Crippen LogP contribution in [0.2, 0.25) is 0 Å². The minimum Gasteiger partial charge on any atom is -0.357 e. The fourth-order valence-electron chi connectivity index (χ4n) is 1.72. The Hall–Kier alpha value is -1.58. The van der Waals surface area contributed by atoms with Gasteiger partial charge in [0.1, 0.15) is 5.82 Å². The molecule has 98 valence electrons. The number of aryl methyl sites for hydroxylation is 1. The molecule has 0 spiro atoms. The smallest absolute Gasteiger partial charge is 0.191 e. The number of hydrogen-bond donors (Lipinski definition) is 2. The summed E-state index contributed by atoms with van der Waals surface area (Å²) in [6.45, 7) is 5.24. The summed E-state index contributed by atoms with van der Waals surface area (Å²) in [5.74, 6) is 0.688. The number of halogens is 1. The SMILES string of the molecule is CCNC(=NCc1ccc(F)c(C)c1)NC1CC1. The summed E-state index contributed by atoms with van der Waals surface area (Å²) in [6.07, 6.45) is 2.44. The fraction of sp³-hybridized carbons (Fsp3) is 0.500. The Morgan fingerprint density at radius 3 is 2.83 bits per heavy atom. The zero-order valence-electron chi connectivity index (χ0n) is 11.0. The van der Waals surface area contributed by atoms with E-state index in [0.29, 0.717) is 18.2 Å². The van der Waals surface area contributed by atoms with Crippen LogP contribution in [0.5, 0.6) is 0 Å². The highest BCUT2D eigenvalue weighted by molar-refractivity contribution is 5.80. The van der Waals surface area contributed by atoms with Crippen LogP contribution in [0.3, 0.4) is 0 Å². The van der Waals surface area contributed by atoms with E-state index in [-0.39, 0.29) is 5.82 Å². The van der Waals surface area contributed by atoms with Crippen molar-refractivity contribution in [3.05, 3.63) is 35.1 Å². The molecule has 2 rings (SSSR count). The lowest BCUT2D eigenvalue weighted by molar-refractivity contribution is 0.617. The van der Waals surface area contributed by atoms with Gasteiger partial charge < -0.3 is 10.6 Å². The summed E-state index contributed by atoms with van der Waals surface area (Å²) in [5, 5.41) is 6.57. The number of hydrogen-bond acceptors (Lipinski definition) is 1. The number of rotatable bonds is 4. The van der Waals surface area contributed by atoms with Crippen LogP contribution in [0.15, 0.2) is 23.2 Å². The summed E-state index contributed by atoms with van der Waals surface area (Å²) in [6, 6.07) is 5.71. The zero-order valence-corrected chi connectivity index (χ0v) is 11.0. The van der Waals surface area contributed by atoms with Crippen LogP contribution in [0, 0.1) is 12.7 Å². The lowest BCUT2D eigenvalue weighted by Crippen LogP contribution is -2.38. The summed E-state index contributed by atoms with van der Waals surface area (Å²) in [5.41, 5.74) is 1.70. The van der Waals surface area contributed by atoms with Gasteiger partial charge in [-0.3, -0.25) is 0 Å². The molecule has 0 bridgehead atoms. The Kier molecular flexibility index (Phi) is 4.18. The molecule has 0 atom stereocenters. The molecule has 1 aromatic carbocycles. The van der Waals surface area contributed by atoms with E-state index in [9.17, 15) is 4.39 Å². The maximum absolute atomic E-state index is 13.1. The Labute approximate surface area is 108 Å². The summed E-state index contributed by atoms with van der Waals surface area (Å²) in [7, 11) is 0. The average molecular weight is 249 g/mol. The lowest BCUT2D eigenvalue weighted by Gasteiger charge is -2.10. The predicted octanol–water partition coefficient (Wildman–Crippen LogP) is 2.35. The molecule has 0 saturated heterocycles. The van der Waals surface area contributed by atoms with Gasteiger partial charge in [-0.15, -0.1) is 0 Å². The van der Waals surface area contributed by atoms with Gasteiger partial charge in [-0.1, -0.05) is 12.1 Å². The normalized spacial score (nSPS) is 15.6. The van der Waals surface area contributed by atoms with E-state index in [2.05, 4.69) is 15.6 Å². The van der Waals surface area contributed by atoms with Gasteiger partial charge in [0.25, 0.3) is 0 Å². The average Bonchev–Trinajstić information content (AvgIpc) is 3.14. The molecule has 1 aromatic rings. The molecule has 4 heteroatoms. The second kappa shape index (κ2) is 5.85. The van der Waals surface area contributed by atoms with Crippen LogP contribution in [0.1, 0.15) is 30.9 Å². The quantitative estimate of drug-likeness (QED) is 0.635. The van der Waals surface area contributed by atoms with Crippen LogP contribution in [-0.4, -0.2) is 18.5 Å². The van der Waals surface area contributed by atoms with Gasteiger partial charge in [0.15, 0.2) is 5.96 Å². The molecule has 0 radical (unpaired) electrons. The van der Waals surface area contributed by atoms with Crippen molar-refractivity contribution in [2.24, 2.45) is 4.99 Å². The standard InChI is InChI=1S/C14H20FN3/c1-3-16-14(18-12-5-6-12)17-9-11-4-7-13(15)10(2)8-11/h4,7-8,12H,3,5-6,9H2,1-2H3,(H2,16,17,18). The number of nitrogens with one attached hydrogen (secondary N) is 2. The van der Waals surface area contributed by atoms with Gasteiger partial charge in [0, 0.05) is 12.6 Å². The van der Waals surface area contributed by atoms with E-state index >= 15 is 0 Å². The first-order chi connectivity index (χ1) is 8.69. The maximum Gasteiger partial charge on any atom is 0.191 e. The lowest BCUT2D eigenvalue weighted by atomic mass is 10.1. The molecule has 0 aliphatic heterocycles. The summed E-state index contributed by atoms with van der Waals surface area (Å²) >= 11 is 0. The van der Waals surface area contributed by atoms with Gasteiger partial charge in [-0.05, 0) is 43.9 Å². The van der Waals surface area contributed by atoms with Gasteiger partial charge in [-0.2, -0.15) is 0 Å². The van der Waals surface area contributed by atoms with Crippen LogP contribution < -0.4 is 10.6 Å². The van der Waals surface area contributed by atoms with E-state index in [1.807, 2.05) is 13.0 Å². The van der Waals surface area contributed by atoms with E-state index in [1.54, 1.807) is 13.0 Å². The summed E-state index contributed by atoms with van der Waals surface area (Å²) in [4.78, 5) is 4.51. The molecular weight excluding hydrogens is 229 g/mol. The fourth-order valence-corrected chi connectivity index (χ4v) is 1.72. The number of guanidine groups is 1. The molecule has 0 aromatic heterocycles. The molecule has 0 heterocycles. The molecule has 1 fully saturated rings. The van der Waals surface area contributed by atoms with Crippen molar-refractivity contribution >= 4 is 5.96 Å². The van der Waals surface area contributed by atoms with Crippen molar-refractivity contribution in [1.29, 1.82) is 0 Å². The van der Waals surface area contributed by atoms with Crippen molar-refractivity contribution < 1.29 is 4.39 Å². The van der Waals surface area contributed by atoms with Crippen molar-refractivity contribution in [3.8, 4) is 0 Å². The first-order valence-electron chi connectivity index (χ1n) is 6.49. The third kappa shape index (κ3) is 3.72. The number of nitrogens with zero attached hydrogens (tertiary/aromatic N) is 1. The van der Waals surface area contributed by atoms with Crippen molar-refractivity contribution in [2.45, 2.75) is 39.3 Å². The minimum atomic E-state index is -0.161. The Bertz CT molecular complexity index is 439. The molecular formula is C14H20FN3. The molecule has 18 heavy (non-hydrogen) atoms. The largest absolute Gasteiger partial charge is 0.357 e. The second-order valence-corrected chi connectivity index (χ2v) is 4.70. The second-order valence-electron chi connectivity index (χ2n) is 4.70. The topological polar surface area (TPSA) is 36.4 Å². The molecule has 0 amide bonds. The Morgan fingerprint density at radius 2 is 2.22 bits per heavy atom. The van der Waals surface area contributed by atoms with Crippen LogP contribution in [0.4, 0.5) is 4.39 Å². The van der Waals surface area contributed by atoms with Crippen molar-refractivity contribution in [3.63, 3.8) is 0 Å². The van der Waals surface area contributed by atoms with E-state index in [0.717, 1.165) is 18.1 Å². The molecule has 3 nitrogen and oxygen atoms in total. The molecule has 1 aliphatic rings. The first kappa shape index (κ1) is 12.9. The molecule has 2 N–H and O–H groups in total. The summed E-state index contributed by atoms with van der Waals surface area (Å²) < 4.78 is 13.1. The molecule has 1 aliphatic carbocycles. The molecule has 0 unspecified atom stereocenters. The van der Waals surface area contributed by atoms with Gasteiger partial charge in [0.05, 0.1) is 6.54 Å². The highest BCUT2D eigenvalue weighted by atomic mass is 19.1. The van der Waals surface area contributed by atoms with Crippen molar-refractivity contribution in [1.82, 2.24) is 10.6 Å². The first-order valence-corrected chi connectivity index (χ1v) is 6.49. The predicted molar refractivity (Wildman–Crippen MR) is 72.1 cm³/mol. The van der Waals surface area contributed by atoms with E-state index in [4.69, 9.17) is 0 Å². The third-order valence-electron chi connectivity index (χ3n) is 2.90. The van der Waals surface area contributed by atoms with Gasteiger partial charge in [-0.25, -0.2) is 9.38 Å².